The van der Waals surface area contributed by atoms with Gasteiger partial charge in [0.1, 0.15) is 0 Å². The summed E-state index contributed by atoms with van der Waals surface area (Å²) in [6, 6.07) is 8.10. The van der Waals surface area contributed by atoms with Gasteiger partial charge in [0.15, 0.2) is 0 Å². The molecule has 21 heavy (non-hydrogen) atoms. The highest BCUT2D eigenvalue weighted by Gasteiger charge is 2.22. The number of benzene rings is 1. The predicted molar refractivity (Wildman–Crippen MR) is 82.8 cm³/mol. The van der Waals surface area contributed by atoms with Gasteiger partial charge in [0.05, 0.1) is 12.5 Å². The van der Waals surface area contributed by atoms with Crippen LogP contribution in [0.5, 0.6) is 0 Å². The Morgan fingerprint density at radius 1 is 1.48 bits per heavy atom. The molecule has 0 bridgehead atoms. The summed E-state index contributed by atoms with van der Waals surface area (Å²) in [7, 11) is 0. The monoisotopic (exact) mass is 285 g/mol. The molecule has 0 aromatic heterocycles. The molecule has 1 aliphatic rings. The number of carbonyl (C=O) groups is 1. The topological polar surface area (TPSA) is 56.1 Å². The Hall–Kier alpha value is -1.86. The first-order valence-electron chi connectivity index (χ1n) is 7.61. The third-order valence-electron chi connectivity index (χ3n) is 3.74. The van der Waals surface area contributed by atoms with Gasteiger partial charge in [0.25, 0.3) is 5.91 Å². The van der Waals surface area contributed by atoms with Gasteiger partial charge in [-0.3, -0.25) is 4.79 Å². The van der Waals surface area contributed by atoms with Crippen molar-refractivity contribution in [1.82, 2.24) is 10.2 Å². The number of nitrogens with zero attached hydrogens (tertiary/aromatic N) is 2. The summed E-state index contributed by atoms with van der Waals surface area (Å²) in [5.74, 6) is 0.464. The fourth-order valence-corrected chi connectivity index (χ4v) is 2.80. The molecule has 0 radical (unpaired) electrons. The molecule has 0 spiro atoms. The molecular formula is C17H23N3O. The van der Waals surface area contributed by atoms with E-state index in [0.717, 1.165) is 25.1 Å². The molecule has 1 aromatic carbocycles. The zero-order chi connectivity index (χ0) is 15.2. The maximum Gasteiger partial charge on any atom is 0.254 e. The Morgan fingerprint density at radius 3 is 3.00 bits per heavy atom. The van der Waals surface area contributed by atoms with Gasteiger partial charge < -0.3 is 10.2 Å². The van der Waals surface area contributed by atoms with Crippen LogP contribution in [0.25, 0.3) is 0 Å². The minimum absolute atomic E-state index is 0.0673. The summed E-state index contributed by atoms with van der Waals surface area (Å²) in [4.78, 5) is 14.7. The van der Waals surface area contributed by atoms with Crippen molar-refractivity contribution in [2.24, 2.45) is 5.92 Å². The number of hydrogen-bond donors (Lipinski definition) is 1. The van der Waals surface area contributed by atoms with E-state index in [-0.39, 0.29) is 5.91 Å². The maximum absolute atomic E-state index is 12.9. The number of nitrogens with one attached hydrogen (secondary N) is 1. The van der Waals surface area contributed by atoms with Crippen molar-refractivity contribution in [2.45, 2.75) is 33.2 Å². The Morgan fingerprint density at radius 2 is 2.29 bits per heavy atom. The molecule has 0 aliphatic carbocycles. The number of carbonyl (C=O) groups excluding carboxylic acids is 1. The van der Waals surface area contributed by atoms with Crippen LogP contribution in [0.2, 0.25) is 0 Å². The molecule has 0 saturated carbocycles. The highest BCUT2D eigenvalue weighted by atomic mass is 16.2. The fourth-order valence-electron chi connectivity index (χ4n) is 2.80. The molecule has 2 rings (SSSR count). The van der Waals surface area contributed by atoms with Crippen LogP contribution in [0.4, 0.5) is 0 Å². The fraction of sp³-hybridized carbons (Fsp3) is 0.529. The van der Waals surface area contributed by atoms with E-state index in [1.165, 1.54) is 11.1 Å². The van der Waals surface area contributed by atoms with Gasteiger partial charge >= 0.3 is 0 Å². The van der Waals surface area contributed by atoms with Crippen molar-refractivity contribution in [3.05, 3.63) is 34.9 Å². The van der Waals surface area contributed by atoms with Crippen LogP contribution in [0.15, 0.2) is 18.2 Å². The van der Waals surface area contributed by atoms with Crippen LogP contribution in [0.1, 0.15) is 41.8 Å². The average Bonchev–Trinajstić information content (AvgIpc) is 2.50. The molecule has 1 aliphatic heterocycles. The van der Waals surface area contributed by atoms with Gasteiger partial charge in [-0.05, 0) is 36.1 Å². The van der Waals surface area contributed by atoms with Crippen molar-refractivity contribution in [2.75, 3.05) is 19.6 Å². The van der Waals surface area contributed by atoms with Crippen LogP contribution in [-0.4, -0.2) is 30.4 Å². The van der Waals surface area contributed by atoms with E-state index in [4.69, 9.17) is 5.26 Å². The number of amides is 1. The number of nitriles is 1. The molecule has 112 valence electrons. The Kier molecular flexibility index (Phi) is 5.35. The number of rotatable bonds is 5. The first-order chi connectivity index (χ1) is 10.1. The van der Waals surface area contributed by atoms with Crippen LogP contribution < -0.4 is 5.32 Å². The van der Waals surface area contributed by atoms with E-state index in [9.17, 15) is 4.79 Å². The molecular weight excluding hydrogens is 262 g/mol. The van der Waals surface area contributed by atoms with Gasteiger partial charge in [-0.1, -0.05) is 26.0 Å². The first kappa shape index (κ1) is 15.5. The molecule has 0 unspecified atom stereocenters. The zero-order valence-corrected chi connectivity index (χ0v) is 12.9. The van der Waals surface area contributed by atoms with Crippen LogP contribution in [-0.2, 0) is 13.0 Å². The smallest absolute Gasteiger partial charge is 0.254 e. The normalized spacial score (nSPS) is 13.6. The lowest BCUT2D eigenvalue weighted by Crippen LogP contribution is -2.36. The Bertz CT molecular complexity index is 545. The van der Waals surface area contributed by atoms with E-state index in [1.54, 1.807) is 0 Å². The summed E-state index contributed by atoms with van der Waals surface area (Å²) >= 11 is 0. The lowest BCUT2D eigenvalue weighted by Gasteiger charge is -2.26. The second-order valence-electron chi connectivity index (χ2n) is 5.92. The van der Waals surface area contributed by atoms with E-state index in [2.05, 4.69) is 31.3 Å². The third kappa shape index (κ3) is 3.83. The summed E-state index contributed by atoms with van der Waals surface area (Å²) in [6.45, 7) is 7.14. The molecule has 4 nitrogen and oxygen atoms in total. The lowest BCUT2D eigenvalue weighted by molar-refractivity contribution is 0.0738. The quantitative estimate of drug-likeness (QED) is 0.903. The molecule has 1 N–H and O–H groups in total. The second kappa shape index (κ2) is 7.24. The predicted octanol–water partition coefficient (Wildman–Crippen LogP) is 2.34. The summed E-state index contributed by atoms with van der Waals surface area (Å²) in [6.07, 6.45) is 1.28. The molecule has 0 fully saturated rings. The lowest BCUT2D eigenvalue weighted by atomic mass is 9.94. The van der Waals surface area contributed by atoms with Crippen molar-refractivity contribution in [1.29, 1.82) is 5.26 Å². The molecule has 1 amide bonds. The van der Waals surface area contributed by atoms with Crippen LogP contribution in [0, 0.1) is 17.2 Å². The van der Waals surface area contributed by atoms with Crippen LogP contribution >= 0.6 is 0 Å². The van der Waals surface area contributed by atoms with E-state index < -0.39 is 0 Å². The summed E-state index contributed by atoms with van der Waals surface area (Å²) in [5.41, 5.74) is 3.21. The highest BCUT2D eigenvalue weighted by Crippen LogP contribution is 2.20. The number of hydrogen-bond acceptors (Lipinski definition) is 3. The minimum atomic E-state index is 0.0673. The summed E-state index contributed by atoms with van der Waals surface area (Å²) in [5, 5.41) is 12.1. The van der Waals surface area contributed by atoms with Gasteiger partial charge in [-0.2, -0.15) is 5.26 Å². The largest absolute Gasteiger partial charge is 0.337 e. The average molecular weight is 285 g/mol. The van der Waals surface area contributed by atoms with Crippen molar-refractivity contribution < 1.29 is 4.79 Å². The SMILES string of the molecule is CC(C)CN(CCC#N)C(=O)c1cccc2c1CCNC2. The van der Waals surface area contributed by atoms with Crippen molar-refractivity contribution >= 4 is 5.91 Å². The van der Waals surface area contributed by atoms with Crippen LogP contribution in [0.3, 0.4) is 0 Å². The Balaban J connectivity index is 2.26. The molecule has 0 saturated heterocycles. The van der Waals surface area contributed by atoms with E-state index in [0.29, 0.717) is 25.4 Å². The first-order valence-corrected chi connectivity index (χ1v) is 7.61. The zero-order valence-electron chi connectivity index (χ0n) is 12.9. The minimum Gasteiger partial charge on any atom is -0.337 e. The van der Waals surface area contributed by atoms with Gasteiger partial charge in [-0.25, -0.2) is 0 Å². The van der Waals surface area contributed by atoms with Crippen molar-refractivity contribution in [3.8, 4) is 6.07 Å². The van der Waals surface area contributed by atoms with Gasteiger partial charge in [0, 0.05) is 25.2 Å². The molecule has 1 aromatic rings. The number of fused-ring (bicyclic) bond motifs is 1. The van der Waals surface area contributed by atoms with Gasteiger partial charge in [0.2, 0.25) is 0 Å². The molecule has 1 heterocycles. The summed E-state index contributed by atoms with van der Waals surface area (Å²) < 4.78 is 0. The highest BCUT2D eigenvalue weighted by molar-refractivity contribution is 5.96. The maximum atomic E-state index is 12.9. The molecule has 0 atom stereocenters. The molecule has 4 heteroatoms. The third-order valence-corrected chi connectivity index (χ3v) is 3.74. The Labute approximate surface area is 126 Å². The second-order valence-corrected chi connectivity index (χ2v) is 5.92. The standard InChI is InChI=1S/C17H23N3O/c1-13(2)12-20(10-4-8-18)17(21)16-6-3-5-14-11-19-9-7-15(14)16/h3,5-6,13,19H,4,7,9-12H2,1-2H3. The van der Waals surface area contributed by atoms with Crippen molar-refractivity contribution in [3.63, 3.8) is 0 Å². The van der Waals surface area contributed by atoms with Gasteiger partial charge in [-0.15, -0.1) is 0 Å². The van der Waals surface area contributed by atoms with E-state index in [1.807, 2.05) is 17.0 Å². The van der Waals surface area contributed by atoms with E-state index >= 15 is 0 Å².